The zero-order valence-electron chi connectivity index (χ0n) is 17.0. The maximum absolute atomic E-state index is 14.1. The normalized spacial score (nSPS) is 11.9. The van der Waals surface area contributed by atoms with Gasteiger partial charge in [-0.2, -0.15) is 5.21 Å². The number of nitrogens with zero attached hydrogens (tertiary/aromatic N) is 4. The summed E-state index contributed by atoms with van der Waals surface area (Å²) >= 11 is 5.96. The van der Waals surface area contributed by atoms with Crippen molar-refractivity contribution in [2.24, 2.45) is 0 Å². The van der Waals surface area contributed by atoms with E-state index in [2.05, 4.69) is 26.0 Å². The maximum Gasteiger partial charge on any atom is 0.336 e. The van der Waals surface area contributed by atoms with E-state index in [4.69, 9.17) is 16.3 Å². The first-order valence-corrected chi connectivity index (χ1v) is 9.93. The summed E-state index contributed by atoms with van der Waals surface area (Å²) in [6.45, 7) is 1.57. The first kappa shape index (κ1) is 23.3. The number of halogens is 2. The lowest BCUT2D eigenvalue weighted by molar-refractivity contribution is -0.154. The summed E-state index contributed by atoms with van der Waals surface area (Å²) in [6, 6.07) is 11.1. The van der Waals surface area contributed by atoms with Crippen molar-refractivity contribution in [2.75, 3.05) is 13.2 Å². The van der Waals surface area contributed by atoms with Crippen LogP contribution in [-0.4, -0.2) is 61.9 Å². The average Bonchev–Trinajstić information content (AvgIpc) is 3.31. The molecule has 0 radical (unpaired) electrons. The van der Waals surface area contributed by atoms with E-state index >= 15 is 0 Å². The fourth-order valence-electron chi connectivity index (χ4n) is 2.85. The van der Waals surface area contributed by atoms with Gasteiger partial charge in [0.25, 0.3) is 5.82 Å². The molecule has 3 N–H and O–H groups in total. The van der Waals surface area contributed by atoms with E-state index in [1.807, 2.05) is 0 Å². The molecule has 3 rings (SSSR count). The number of aromatic amines is 1. The molecule has 12 heteroatoms. The van der Waals surface area contributed by atoms with Crippen LogP contribution in [0.5, 0.6) is 0 Å². The number of hydrogen-bond acceptors (Lipinski definition) is 8. The molecule has 3 aromatic rings. The Morgan fingerprint density at radius 3 is 2.69 bits per heavy atom. The van der Waals surface area contributed by atoms with E-state index in [-0.39, 0.29) is 25.5 Å². The highest BCUT2D eigenvalue weighted by Crippen LogP contribution is 2.26. The van der Waals surface area contributed by atoms with E-state index in [1.54, 1.807) is 31.2 Å². The number of aliphatic hydroxyl groups is 1. The monoisotopic (exact) mass is 462 g/mol. The van der Waals surface area contributed by atoms with Crippen molar-refractivity contribution in [1.82, 2.24) is 31.1 Å². The second-order valence-electron chi connectivity index (χ2n) is 6.65. The van der Waals surface area contributed by atoms with Crippen molar-refractivity contribution in [3.05, 3.63) is 64.7 Å². The highest BCUT2D eigenvalue weighted by atomic mass is 35.5. The summed E-state index contributed by atoms with van der Waals surface area (Å²) < 4.78 is 18.9. The number of amides is 1. The van der Waals surface area contributed by atoms with E-state index < -0.39 is 23.8 Å². The summed E-state index contributed by atoms with van der Waals surface area (Å²) in [5.74, 6) is -2.13. The number of hydrazine groups is 1. The number of hydrogen-bond donors (Lipinski definition) is 3. The number of tetrazole rings is 1. The van der Waals surface area contributed by atoms with Crippen LogP contribution in [0.15, 0.2) is 42.5 Å². The van der Waals surface area contributed by atoms with Crippen molar-refractivity contribution >= 4 is 23.5 Å². The van der Waals surface area contributed by atoms with Gasteiger partial charge in [0, 0.05) is 17.1 Å². The Labute approximate surface area is 187 Å². The predicted octanol–water partition coefficient (Wildman–Crippen LogP) is 1.73. The van der Waals surface area contributed by atoms with Gasteiger partial charge in [-0.3, -0.25) is 10.2 Å². The first-order valence-electron chi connectivity index (χ1n) is 9.55. The number of carbonyl (C=O) groups excluding carboxylic acids is 2. The fraction of sp³-hybridized carbons (Fsp3) is 0.250. The van der Waals surface area contributed by atoms with Crippen molar-refractivity contribution in [2.45, 2.75) is 19.6 Å². The lowest BCUT2D eigenvalue weighted by atomic mass is 10.0. The van der Waals surface area contributed by atoms with Gasteiger partial charge in [-0.05, 0) is 41.5 Å². The molecule has 0 aliphatic rings. The van der Waals surface area contributed by atoms with Gasteiger partial charge in [0.15, 0.2) is 6.10 Å². The second kappa shape index (κ2) is 10.8. The summed E-state index contributed by atoms with van der Waals surface area (Å²) in [4.78, 5) is 24.1. The van der Waals surface area contributed by atoms with Crippen LogP contribution < -0.4 is 5.43 Å². The number of H-pyrrole nitrogens is 1. The Balaban J connectivity index is 1.76. The van der Waals surface area contributed by atoms with Gasteiger partial charge in [-0.25, -0.2) is 14.2 Å². The minimum Gasteiger partial charge on any atom is -0.464 e. The number of esters is 1. The van der Waals surface area contributed by atoms with Crippen LogP contribution >= 0.6 is 11.6 Å². The van der Waals surface area contributed by atoms with Crippen molar-refractivity contribution in [3.8, 4) is 11.1 Å². The number of aromatic nitrogens is 4. The molecule has 168 valence electrons. The van der Waals surface area contributed by atoms with Crippen LogP contribution in [0.2, 0.25) is 5.02 Å². The molecule has 10 nitrogen and oxygen atoms in total. The smallest absolute Gasteiger partial charge is 0.336 e. The minimum atomic E-state index is -1.50. The first-order chi connectivity index (χ1) is 15.4. The third-order valence-corrected chi connectivity index (χ3v) is 4.56. The van der Waals surface area contributed by atoms with Gasteiger partial charge in [0.1, 0.15) is 5.82 Å². The molecule has 0 bridgehead atoms. The van der Waals surface area contributed by atoms with Crippen molar-refractivity contribution < 1.29 is 23.8 Å². The largest absolute Gasteiger partial charge is 0.464 e. The summed E-state index contributed by atoms with van der Waals surface area (Å²) in [6.07, 6.45) is -1.50. The Hall–Kier alpha value is -3.41. The Morgan fingerprint density at radius 2 is 2.03 bits per heavy atom. The second-order valence-corrected chi connectivity index (χ2v) is 7.08. The zero-order chi connectivity index (χ0) is 23.1. The van der Waals surface area contributed by atoms with Crippen molar-refractivity contribution in [3.63, 3.8) is 0 Å². The quantitative estimate of drug-likeness (QED) is 0.323. The Kier molecular flexibility index (Phi) is 7.82. The summed E-state index contributed by atoms with van der Waals surface area (Å²) in [7, 11) is 0. The van der Waals surface area contributed by atoms with Crippen LogP contribution in [0, 0.1) is 5.82 Å². The van der Waals surface area contributed by atoms with E-state index in [9.17, 15) is 19.1 Å². The predicted molar refractivity (Wildman–Crippen MR) is 112 cm³/mol. The number of ether oxygens (including phenoxy) is 1. The summed E-state index contributed by atoms with van der Waals surface area (Å²) in [5, 5.41) is 24.5. The van der Waals surface area contributed by atoms with Crippen LogP contribution in [0.1, 0.15) is 23.1 Å². The van der Waals surface area contributed by atoms with Crippen LogP contribution in [0.3, 0.4) is 0 Å². The van der Waals surface area contributed by atoms with Gasteiger partial charge in [-0.1, -0.05) is 35.9 Å². The highest BCUT2D eigenvalue weighted by Gasteiger charge is 2.23. The van der Waals surface area contributed by atoms with Crippen LogP contribution in [0.25, 0.3) is 11.1 Å². The fourth-order valence-corrected chi connectivity index (χ4v) is 3.02. The van der Waals surface area contributed by atoms with Crippen LogP contribution in [-0.2, 0) is 16.1 Å². The number of benzene rings is 2. The maximum atomic E-state index is 14.1. The number of carbonyl (C=O) groups is 2. The number of aliphatic hydroxyl groups excluding tert-OH is 1. The lowest BCUT2D eigenvalue weighted by Gasteiger charge is -2.24. The lowest BCUT2D eigenvalue weighted by Crippen LogP contribution is -2.47. The molecule has 2 aromatic carbocycles. The Morgan fingerprint density at radius 1 is 1.28 bits per heavy atom. The van der Waals surface area contributed by atoms with Gasteiger partial charge in [0.2, 0.25) is 0 Å². The minimum absolute atomic E-state index is 0.104. The van der Waals surface area contributed by atoms with Crippen LogP contribution in [0.4, 0.5) is 4.39 Å². The SMILES string of the molecule is CCOC(=O)[C@H](O)CN(Cc1ccc(-c2cc(Cl)ccc2F)cc1)NC(=O)c1nn[nH]n1. The molecule has 0 saturated heterocycles. The molecule has 0 aliphatic carbocycles. The van der Waals surface area contributed by atoms with E-state index in [1.165, 1.54) is 23.2 Å². The number of rotatable bonds is 9. The highest BCUT2D eigenvalue weighted by molar-refractivity contribution is 6.30. The zero-order valence-corrected chi connectivity index (χ0v) is 17.7. The van der Waals surface area contributed by atoms with E-state index in [0.717, 1.165) is 0 Å². The van der Waals surface area contributed by atoms with E-state index in [0.29, 0.717) is 21.7 Å². The molecule has 32 heavy (non-hydrogen) atoms. The third-order valence-electron chi connectivity index (χ3n) is 4.33. The molecule has 1 aromatic heterocycles. The molecule has 0 fully saturated rings. The molecule has 0 unspecified atom stereocenters. The molecular formula is C20H20ClFN6O4. The molecule has 0 spiro atoms. The molecule has 0 saturated carbocycles. The third kappa shape index (κ3) is 6.06. The standard InChI is InChI=1S/C20H20ClFN6O4/c1-2-32-20(31)17(29)11-28(25-19(30)18-23-26-27-24-18)10-12-3-5-13(6-4-12)15-9-14(21)7-8-16(15)22/h3-9,17,29H,2,10-11H2,1H3,(H,25,30)(H,23,24,26,27)/t17-/m1/s1. The average molecular weight is 463 g/mol. The Bertz CT molecular complexity index is 1060. The topological polar surface area (TPSA) is 133 Å². The molecule has 1 amide bonds. The molecule has 1 heterocycles. The molecule has 0 aliphatic heterocycles. The number of nitrogens with one attached hydrogen (secondary N) is 2. The molecular weight excluding hydrogens is 443 g/mol. The van der Waals surface area contributed by atoms with Gasteiger partial charge in [0.05, 0.1) is 13.2 Å². The van der Waals surface area contributed by atoms with Gasteiger partial charge >= 0.3 is 11.9 Å². The molecule has 1 atom stereocenters. The van der Waals surface area contributed by atoms with Crippen molar-refractivity contribution in [1.29, 1.82) is 0 Å². The summed E-state index contributed by atoms with van der Waals surface area (Å²) in [5.41, 5.74) is 4.20. The van der Waals surface area contributed by atoms with Gasteiger partial charge < -0.3 is 9.84 Å². The van der Waals surface area contributed by atoms with Gasteiger partial charge in [-0.15, -0.1) is 10.2 Å².